The number of thiazole rings is 2. The van der Waals surface area contributed by atoms with Crippen LogP contribution < -0.4 is 0 Å². The van der Waals surface area contributed by atoms with Gasteiger partial charge in [0.2, 0.25) is 0 Å². The van der Waals surface area contributed by atoms with E-state index in [0.29, 0.717) is 0 Å². The van der Waals surface area contributed by atoms with Crippen LogP contribution in [0.4, 0.5) is 0 Å². The molecule has 0 spiro atoms. The third-order valence-electron chi connectivity index (χ3n) is 8.62. The molecule has 0 aliphatic rings. The third-order valence-corrected chi connectivity index (χ3v) is 10.7. The standard InChI is InChI=1S/2C22H18NS.Pt/c2*1-14-12-15(2)21(16(3)13-14)17-8-4-5-9-18(17)22-23-19-10-6-7-11-20(19)24-22;/h2*4-8,10-13H,1-3H3;/q2*-1;+2. The zero-order valence-corrected chi connectivity index (χ0v) is 32.3. The normalized spacial score (nSPS) is 10.9. The predicted molar refractivity (Wildman–Crippen MR) is 207 cm³/mol. The number of hydrogen-bond acceptors (Lipinski definition) is 4. The number of nitrogens with zero attached hydrogens (tertiary/aromatic N) is 2. The number of benzene rings is 6. The van der Waals surface area contributed by atoms with Crippen LogP contribution >= 0.6 is 22.7 Å². The molecule has 244 valence electrons. The molecule has 2 heterocycles. The van der Waals surface area contributed by atoms with Crippen LogP contribution in [-0.2, 0) is 21.1 Å². The van der Waals surface area contributed by atoms with Crippen LogP contribution in [0.5, 0.6) is 0 Å². The molecule has 0 aliphatic carbocycles. The van der Waals surface area contributed by atoms with E-state index < -0.39 is 0 Å². The van der Waals surface area contributed by atoms with Crippen molar-refractivity contribution in [1.82, 2.24) is 9.97 Å². The van der Waals surface area contributed by atoms with Crippen LogP contribution in [-0.4, -0.2) is 9.97 Å². The van der Waals surface area contributed by atoms with Crippen LogP contribution in [0.3, 0.4) is 0 Å². The fraction of sp³-hybridized carbons (Fsp3) is 0.136. The summed E-state index contributed by atoms with van der Waals surface area (Å²) in [5.41, 5.74) is 17.1. The van der Waals surface area contributed by atoms with E-state index in [1.54, 1.807) is 22.7 Å². The second kappa shape index (κ2) is 14.7. The Balaban J connectivity index is 0.000000167. The third kappa shape index (κ3) is 7.10. The van der Waals surface area contributed by atoms with Crippen LogP contribution in [0, 0.1) is 53.7 Å². The van der Waals surface area contributed by atoms with Gasteiger partial charge >= 0.3 is 21.1 Å². The van der Waals surface area contributed by atoms with Gasteiger partial charge in [0.1, 0.15) is 0 Å². The van der Waals surface area contributed by atoms with Crippen molar-refractivity contribution in [2.45, 2.75) is 41.5 Å². The SMILES string of the molecule is Cc1cc(C)c(-c2ccc[c-]c2-c2nc3ccccc3s2)c(C)c1.Cc1cc(C)c(-c2ccc[c-]c2-c2nc3ccccc3s2)c(C)c1.[Pt+2]. The molecule has 0 saturated heterocycles. The van der Waals surface area contributed by atoms with E-state index in [9.17, 15) is 0 Å². The van der Waals surface area contributed by atoms with Gasteiger partial charge < -0.3 is 0 Å². The maximum Gasteiger partial charge on any atom is 2.00 e. The minimum absolute atomic E-state index is 0. The van der Waals surface area contributed by atoms with E-state index in [1.807, 2.05) is 24.3 Å². The van der Waals surface area contributed by atoms with E-state index in [-0.39, 0.29) is 21.1 Å². The first kappa shape index (κ1) is 34.6. The number of fused-ring (bicyclic) bond motifs is 2. The van der Waals surface area contributed by atoms with Gasteiger partial charge in [0.15, 0.2) is 0 Å². The minimum Gasteiger partial charge on any atom is -0.285 e. The molecule has 0 fully saturated rings. The van der Waals surface area contributed by atoms with Crippen molar-refractivity contribution in [2.75, 3.05) is 0 Å². The second-order valence-electron chi connectivity index (χ2n) is 12.4. The average molecular weight is 852 g/mol. The topological polar surface area (TPSA) is 25.8 Å². The molecule has 0 radical (unpaired) electrons. The summed E-state index contributed by atoms with van der Waals surface area (Å²) in [5.74, 6) is 0. The predicted octanol–water partition coefficient (Wildman–Crippen LogP) is 12.7. The van der Waals surface area contributed by atoms with E-state index in [2.05, 4.69) is 139 Å². The van der Waals surface area contributed by atoms with Crippen LogP contribution in [0.25, 0.3) is 63.8 Å². The Morgan fingerprint density at radius 2 is 0.837 bits per heavy atom. The molecule has 2 nitrogen and oxygen atoms in total. The number of aryl methyl sites for hydroxylation is 6. The molecule has 0 amide bonds. The van der Waals surface area contributed by atoms with Gasteiger partial charge in [-0.25, -0.2) is 0 Å². The molecule has 6 aromatic carbocycles. The van der Waals surface area contributed by atoms with E-state index in [4.69, 9.17) is 9.97 Å². The van der Waals surface area contributed by atoms with Crippen molar-refractivity contribution < 1.29 is 21.1 Å². The minimum atomic E-state index is 0. The molecular formula is C44H36N2PtS2. The monoisotopic (exact) mass is 851 g/mol. The first-order chi connectivity index (χ1) is 23.3. The van der Waals surface area contributed by atoms with Gasteiger partial charge in [-0.3, -0.25) is 9.97 Å². The second-order valence-corrected chi connectivity index (χ2v) is 14.5. The van der Waals surface area contributed by atoms with Crippen molar-refractivity contribution in [3.8, 4) is 43.4 Å². The van der Waals surface area contributed by atoms with Crippen molar-refractivity contribution in [1.29, 1.82) is 0 Å². The smallest absolute Gasteiger partial charge is 0.285 e. The summed E-state index contributed by atoms with van der Waals surface area (Å²) in [7, 11) is 0. The van der Waals surface area contributed by atoms with Crippen molar-refractivity contribution in [2.24, 2.45) is 0 Å². The molecule has 8 aromatic rings. The average Bonchev–Trinajstić information content (AvgIpc) is 3.69. The van der Waals surface area contributed by atoms with Gasteiger partial charge in [0, 0.05) is 19.4 Å². The molecule has 0 aliphatic heterocycles. The molecule has 0 atom stereocenters. The van der Waals surface area contributed by atoms with Crippen molar-refractivity contribution >= 4 is 43.1 Å². The van der Waals surface area contributed by atoms with Crippen molar-refractivity contribution in [3.05, 3.63) is 155 Å². The Kier molecular flexibility index (Phi) is 10.4. The zero-order chi connectivity index (χ0) is 33.4. The molecule has 8 rings (SSSR count). The number of aromatic nitrogens is 2. The van der Waals surface area contributed by atoms with Crippen LogP contribution in [0.15, 0.2) is 109 Å². The molecule has 49 heavy (non-hydrogen) atoms. The Morgan fingerprint density at radius 1 is 0.469 bits per heavy atom. The Bertz CT molecular complexity index is 2150. The molecule has 0 N–H and O–H groups in total. The summed E-state index contributed by atoms with van der Waals surface area (Å²) in [6.45, 7) is 13.0. The van der Waals surface area contributed by atoms with Gasteiger partial charge in [-0.05, 0) is 65.8 Å². The summed E-state index contributed by atoms with van der Waals surface area (Å²) in [4.78, 5) is 9.67. The number of para-hydroxylation sites is 2. The summed E-state index contributed by atoms with van der Waals surface area (Å²) < 4.78 is 2.43. The summed E-state index contributed by atoms with van der Waals surface area (Å²) in [5, 5.41) is 2.07. The first-order valence-corrected chi connectivity index (χ1v) is 17.8. The first-order valence-electron chi connectivity index (χ1n) is 16.2. The van der Waals surface area contributed by atoms with Crippen LogP contribution in [0.1, 0.15) is 33.4 Å². The summed E-state index contributed by atoms with van der Waals surface area (Å²) in [6.07, 6.45) is 0. The zero-order valence-electron chi connectivity index (χ0n) is 28.4. The van der Waals surface area contributed by atoms with Gasteiger partial charge in [-0.2, -0.15) is 22.7 Å². The molecular weight excluding hydrogens is 816 g/mol. The molecule has 0 saturated carbocycles. The molecule has 5 heteroatoms. The number of hydrogen-bond donors (Lipinski definition) is 0. The summed E-state index contributed by atoms with van der Waals surface area (Å²) >= 11 is 3.46. The van der Waals surface area contributed by atoms with E-state index >= 15 is 0 Å². The van der Waals surface area contributed by atoms with E-state index in [1.165, 1.54) is 65.0 Å². The largest absolute Gasteiger partial charge is 2.00 e. The Hall–Kier alpha value is -4.21. The fourth-order valence-electron chi connectivity index (χ4n) is 6.81. The summed E-state index contributed by atoms with van der Waals surface area (Å²) in [6, 6.07) is 44.9. The quantitative estimate of drug-likeness (QED) is 0.165. The Labute approximate surface area is 311 Å². The maximum absolute atomic E-state index is 4.83. The van der Waals surface area contributed by atoms with Gasteiger partial charge in [-0.15, -0.1) is 59.7 Å². The molecule has 0 unspecified atom stereocenters. The van der Waals surface area contributed by atoms with E-state index in [0.717, 1.165) is 32.2 Å². The molecule has 0 bridgehead atoms. The van der Waals surface area contributed by atoms with Crippen molar-refractivity contribution in [3.63, 3.8) is 0 Å². The molecule has 2 aromatic heterocycles. The fourth-order valence-corrected chi connectivity index (χ4v) is 8.79. The Morgan fingerprint density at radius 3 is 1.20 bits per heavy atom. The van der Waals surface area contributed by atoms with Gasteiger partial charge in [0.25, 0.3) is 0 Å². The van der Waals surface area contributed by atoms with Crippen LogP contribution in [0.2, 0.25) is 0 Å². The maximum atomic E-state index is 4.83. The van der Waals surface area contributed by atoms with Gasteiger partial charge in [0.05, 0.1) is 11.0 Å². The van der Waals surface area contributed by atoms with Gasteiger partial charge in [-0.1, -0.05) is 104 Å². The number of rotatable bonds is 4.